The number of imidazole rings is 2. The van der Waals surface area contributed by atoms with Gasteiger partial charge in [-0.05, 0) is 0 Å². The molecule has 0 aromatic carbocycles. The maximum atomic E-state index is 5.04. The molecule has 6 aromatic rings. The molecule has 0 saturated heterocycles. The molecule has 34 heavy (non-hydrogen) atoms. The van der Waals surface area contributed by atoms with Crippen LogP contribution in [0.15, 0.2) is 94.4 Å². The predicted octanol–water partition coefficient (Wildman–Crippen LogP) is 3.91. The molecule has 6 rings (SSSR count). The fourth-order valence-electron chi connectivity index (χ4n) is 3.60. The standard InChI is InChI=1S/C24H14Br2N6Se2/c25-15-7-9-17(27-13-15)21-29-23(19-5-1-3-11-31(19)21)33-34-24-20-6-2-4-12-32(20)22(30-24)18-10-8-16(26)14-28-18/h1-14H. The Hall–Kier alpha value is -2.32. The zero-order chi connectivity index (χ0) is 23.1. The molecular weight excluding hydrogens is 690 g/mol. The van der Waals surface area contributed by atoms with Crippen molar-refractivity contribution in [3.05, 3.63) is 94.4 Å². The second-order valence-corrected chi connectivity index (χ2v) is 15.1. The Bertz CT molecular complexity index is 1500. The first-order valence-electron chi connectivity index (χ1n) is 10.2. The van der Waals surface area contributed by atoms with Crippen molar-refractivity contribution in [2.75, 3.05) is 0 Å². The van der Waals surface area contributed by atoms with Gasteiger partial charge in [-0.15, -0.1) is 0 Å². The van der Waals surface area contributed by atoms with E-state index in [1.807, 2.05) is 48.8 Å². The molecule has 0 unspecified atom stereocenters. The van der Waals surface area contributed by atoms with E-state index in [0.717, 1.165) is 52.2 Å². The molecule has 0 aliphatic carbocycles. The summed E-state index contributed by atoms with van der Waals surface area (Å²) in [5.41, 5.74) is 3.97. The summed E-state index contributed by atoms with van der Waals surface area (Å²) < 4.78 is 8.40. The van der Waals surface area contributed by atoms with E-state index in [9.17, 15) is 0 Å². The van der Waals surface area contributed by atoms with Crippen LogP contribution in [-0.4, -0.2) is 55.0 Å². The third kappa shape index (κ3) is 4.15. The van der Waals surface area contributed by atoms with E-state index >= 15 is 0 Å². The summed E-state index contributed by atoms with van der Waals surface area (Å²) in [5.74, 6) is 1.73. The van der Waals surface area contributed by atoms with Crippen molar-refractivity contribution in [2.24, 2.45) is 0 Å². The van der Waals surface area contributed by atoms with Crippen molar-refractivity contribution < 1.29 is 0 Å². The van der Waals surface area contributed by atoms with Crippen molar-refractivity contribution >= 4 is 78.3 Å². The van der Waals surface area contributed by atoms with Crippen LogP contribution in [0.3, 0.4) is 0 Å². The van der Waals surface area contributed by atoms with Crippen LogP contribution in [0, 0.1) is 0 Å². The summed E-state index contributed by atoms with van der Waals surface area (Å²) in [4.78, 5) is 19.2. The van der Waals surface area contributed by atoms with E-state index in [-0.39, 0.29) is 26.3 Å². The quantitative estimate of drug-likeness (QED) is 0.256. The molecule has 0 aliphatic rings. The molecule has 6 heterocycles. The van der Waals surface area contributed by atoms with Crippen molar-refractivity contribution in [1.29, 1.82) is 0 Å². The molecule has 0 aliphatic heterocycles. The van der Waals surface area contributed by atoms with Crippen LogP contribution < -0.4 is 9.18 Å². The van der Waals surface area contributed by atoms with Gasteiger partial charge in [-0.3, -0.25) is 0 Å². The Morgan fingerprint density at radius 2 is 1.06 bits per heavy atom. The van der Waals surface area contributed by atoms with Gasteiger partial charge in [0.1, 0.15) is 0 Å². The summed E-state index contributed by atoms with van der Waals surface area (Å²) in [6.07, 6.45) is 7.72. The predicted molar refractivity (Wildman–Crippen MR) is 143 cm³/mol. The summed E-state index contributed by atoms with van der Waals surface area (Å²) in [7, 11) is 0. The molecule has 0 bridgehead atoms. The number of fused-ring (bicyclic) bond motifs is 2. The first-order valence-corrected chi connectivity index (χ1v) is 17.8. The zero-order valence-corrected chi connectivity index (χ0v) is 23.9. The number of hydrogen-bond acceptors (Lipinski definition) is 4. The summed E-state index contributed by atoms with van der Waals surface area (Å²) in [6.45, 7) is 0. The second-order valence-electron chi connectivity index (χ2n) is 7.28. The van der Waals surface area contributed by atoms with Gasteiger partial charge in [0.15, 0.2) is 0 Å². The molecule has 6 nitrogen and oxygen atoms in total. The van der Waals surface area contributed by atoms with Gasteiger partial charge in [0.05, 0.1) is 0 Å². The number of rotatable bonds is 5. The molecule has 0 amide bonds. The van der Waals surface area contributed by atoms with E-state index in [1.165, 1.54) is 0 Å². The van der Waals surface area contributed by atoms with Crippen LogP contribution in [-0.2, 0) is 0 Å². The van der Waals surface area contributed by atoms with Crippen LogP contribution in [0.1, 0.15) is 0 Å². The molecule has 6 aromatic heterocycles. The van der Waals surface area contributed by atoms with Crippen molar-refractivity contribution in [3.63, 3.8) is 0 Å². The van der Waals surface area contributed by atoms with Crippen LogP contribution in [0.25, 0.3) is 34.1 Å². The Labute approximate surface area is 223 Å². The van der Waals surface area contributed by atoms with Gasteiger partial charge in [0.25, 0.3) is 0 Å². The van der Waals surface area contributed by atoms with Crippen LogP contribution in [0.5, 0.6) is 0 Å². The maximum absolute atomic E-state index is 5.04. The Morgan fingerprint density at radius 3 is 1.47 bits per heavy atom. The average Bonchev–Trinajstić information content (AvgIpc) is 3.43. The topological polar surface area (TPSA) is 60.4 Å². The first kappa shape index (κ1) is 22.2. The fraction of sp³-hybridized carbons (Fsp3) is 0. The number of pyridine rings is 4. The van der Waals surface area contributed by atoms with Crippen LogP contribution in [0.4, 0.5) is 0 Å². The molecule has 0 saturated carbocycles. The molecule has 0 N–H and O–H groups in total. The molecule has 0 fully saturated rings. The van der Waals surface area contributed by atoms with Gasteiger partial charge in [0, 0.05) is 0 Å². The normalized spacial score (nSPS) is 11.5. The molecule has 0 spiro atoms. The molecule has 10 heteroatoms. The number of halogens is 2. The van der Waals surface area contributed by atoms with Gasteiger partial charge in [-0.2, -0.15) is 0 Å². The minimum absolute atomic E-state index is 0.141. The van der Waals surface area contributed by atoms with Crippen molar-refractivity contribution in [2.45, 2.75) is 0 Å². The molecule has 0 radical (unpaired) electrons. The van der Waals surface area contributed by atoms with E-state index in [4.69, 9.17) is 9.97 Å². The SMILES string of the molecule is Brc1ccc(-c2nc([Se][Se]c3nc(-c4ccc(Br)cn4)n4ccccc34)c3ccccn23)nc1. The van der Waals surface area contributed by atoms with E-state index in [2.05, 4.69) is 87.3 Å². The van der Waals surface area contributed by atoms with Gasteiger partial charge in [-0.25, -0.2) is 0 Å². The Kier molecular flexibility index (Phi) is 6.11. The van der Waals surface area contributed by atoms with E-state index < -0.39 is 0 Å². The third-order valence-corrected chi connectivity index (χ3v) is 12.5. The number of nitrogens with zero attached hydrogens (tertiary/aromatic N) is 6. The monoisotopic (exact) mass is 704 g/mol. The van der Waals surface area contributed by atoms with Crippen LogP contribution in [0.2, 0.25) is 0 Å². The number of hydrogen-bond donors (Lipinski definition) is 0. The number of aromatic nitrogens is 6. The van der Waals surface area contributed by atoms with E-state index in [1.54, 1.807) is 0 Å². The average molecular weight is 704 g/mol. The Morgan fingerprint density at radius 1 is 0.588 bits per heavy atom. The summed E-state index contributed by atoms with van der Waals surface area (Å²) >= 11 is 7.21. The summed E-state index contributed by atoms with van der Waals surface area (Å²) in [6, 6.07) is 20.4. The van der Waals surface area contributed by atoms with Gasteiger partial charge in [-0.1, -0.05) is 0 Å². The van der Waals surface area contributed by atoms with Crippen LogP contribution >= 0.6 is 31.9 Å². The third-order valence-electron chi connectivity index (χ3n) is 5.14. The minimum atomic E-state index is 0.141. The second kappa shape index (κ2) is 9.38. The fourth-order valence-corrected chi connectivity index (χ4v) is 10.4. The van der Waals surface area contributed by atoms with Gasteiger partial charge < -0.3 is 0 Å². The van der Waals surface area contributed by atoms with E-state index in [0.29, 0.717) is 0 Å². The van der Waals surface area contributed by atoms with Gasteiger partial charge >= 0.3 is 225 Å². The molecule has 166 valence electrons. The van der Waals surface area contributed by atoms with Crippen molar-refractivity contribution in [3.8, 4) is 23.0 Å². The molecular formula is C24H14Br2N6Se2. The molecule has 0 atom stereocenters. The summed E-state index contributed by atoms with van der Waals surface area (Å²) in [5, 5.41) is 0. The first-order chi connectivity index (χ1) is 16.7. The Balaban J connectivity index is 1.38. The van der Waals surface area contributed by atoms with Crippen molar-refractivity contribution in [1.82, 2.24) is 28.7 Å². The zero-order valence-electron chi connectivity index (χ0n) is 17.3. The van der Waals surface area contributed by atoms with Gasteiger partial charge in [0.2, 0.25) is 0 Å².